The molecule has 1 aliphatic carbocycles. The van der Waals surface area contributed by atoms with Crippen molar-refractivity contribution in [2.24, 2.45) is 11.8 Å². The van der Waals surface area contributed by atoms with E-state index in [2.05, 4.69) is 43.4 Å². The summed E-state index contributed by atoms with van der Waals surface area (Å²) >= 11 is 0. The molecule has 106 valence electrons. The monoisotopic (exact) mass is 259 g/mol. The van der Waals surface area contributed by atoms with E-state index in [0.29, 0.717) is 0 Å². The molecule has 1 saturated carbocycles. The van der Waals surface area contributed by atoms with Gasteiger partial charge in [-0.2, -0.15) is 0 Å². The van der Waals surface area contributed by atoms with E-state index in [1.54, 1.807) is 0 Å². The van der Waals surface area contributed by atoms with Crippen LogP contribution in [0.3, 0.4) is 0 Å². The Kier molecular flexibility index (Phi) is 5.91. The van der Waals surface area contributed by atoms with Crippen LogP contribution in [-0.2, 0) is 13.0 Å². The summed E-state index contributed by atoms with van der Waals surface area (Å²) in [5, 5.41) is 3.64. The largest absolute Gasteiger partial charge is 0.312 e. The Morgan fingerprint density at radius 2 is 1.47 bits per heavy atom. The minimum absolute atomic E-state index is 0.915. The number of benzene rings is 1. The van der Waals surface area contributed by atoms with Crippen molar-refractivity contribution in [3.63, 3.8) is 0 Å². The van der Waals surface area contributed by atoms with Crippen LogP contribution in [0.5, 0.6) is 0 Å². The van der Waals surface area contributed by atoms with E-state index in [0.717, 1.165) is 24.8 Å². The van der Waals surface area contributed by atoms with E-state index in [9.17, 15) is 0 Å². The number of rotatable bonds is 6. The van der Waals surface area contributed by atoms with E-state index < -0.39 is 0 Å². The van der Waals surface area contributed by atoms with Crippen LogP contribution in [0, 0.1) is 11.8 Å². The van der Waals surface area contributed by atoms with Gasteiger partial charge in [-0.3, -0.25) is 0 Å². The molecule has 1 aromatic rings. The molecule has 1 heteroatoms. The predicted octanol–water partition coefficient (Wildman–Crippen LogP) is 4.56. The van der Waals surface area contributed by atoms with E-state index in [-0.39, 0.29) is 0 Å². The lowest BCUT2D eigenvalue weighted by Crippen LogP contribution is -2.26. The van der Waals surface area contributed by atoms with Crippen LogP contribution < -0.4 is 5.32 Å². The van der Waals surface area contributed by atoms with Gasteiger partial charge in [0, 0.05) is 6.54 Å². The van der Waals surface area contributed by atoms with Gasteiger partial charge in [0.1, 0.15) is 0 Å². The molecule has 0 bridgehead atoms. The minimum atomic E-state index is 0.915. The van der Waals surface area contributed by atoms with Crippen LogP contribution in [0.1, 0.15) is 57.1 Å². The summed E-state index contributed by atoms with van der Waals surface area (Å²) in [6.07, 6.45) is 8.28. The molecule has 0 amide bonds. The molecule has 1 N–H and O–H groups in total. The topological polar surface area (TPSA) is 12.0 Å². The first-order valence-corrected chi connectivity index (χ1v) is 8.10. The number of nitrogens with one attached hydrogen (secondary N) is 1. The molecule has 0 radical (unpaired) electrons. The zero-order chi connectivity index (χ0) is 13.5. The molecular weight excluding hydrogens is 230 g/mol. The second-order valence-corrected chi connectivity index (χ2v) is 6.10. The smallest absolute Gasteiger partial charge is 0.0205 e. The molecule has 2 rings (SSSR count). The molecule has 0 heterocycles. The number of hydrogen-bond donors (Lipinski definition) is 1. The van der Waals surface area contributed by atoms with Gasteiger partial charge in [0.15, 0.2) is 0 Å². The van der Waals surface area contributed by atoms with E-state index in [1.807, 2.05) is 0 Å². The maximum Gasteiger partial charge on any atom is 0.0205 e. The van der Waals surface area contributed by atoms with Gasteiger partial charge in [-0.1, -0.05) is 57.4 Å². The SMILES string of the molecule is CCc1ccc(CNCC2CCC(CC)CC2)cc1. The van der Waals surface area contributed by atoms with Crippen molar-refractivity contribution in [2.75, 3.05) is 6.54 Å². The zero-order valence-electron chi connectivity index (χ0n) is 12.6. The van der Waals surface area contributed by atoms with Gasteiger partial charge >= 0.3 is 0 Å². The lowest BCUT2D eigenvalue weighted by atomic mass is 9.81. The van der Waals surface area contributed by atoms with Crippen LogP contribution >= 0.6 is 0 Å². The third-order valence-corrected chi connectivity index (χ3v) is 4.74. The second kappa shape index (κ2) is 7.69. The standard InChI is InChI=1S/C18H29N/c1-3-15-5-9-17(10-6-15)13-19-14-18-11-7-16(4-2)8-12-18/h5-6,9-10,16,18-19H,3-4,7-8,11-14H2,1-2H3. The maximum absolute atomic E-state index is 3.64. The van der Waals surface area contributed by atoms with Gasteiger partial charge in [0.2, 0.25) is 0 Å². The highest BCUT2D eigenvalue weighted by Gasteiger charge is 2.19. The summed E-state index contributed by atoms with van der Waals surface area (Å²) in [6, 6.07) is 9.03. The van der Waals surface area contributed by atoms with Gasteiger partial charge in [-0.15, -0.1) is 0 Å². The first-order valence-electron chi connectivity index (χ1n) is 8.10. The Hall–Kier alpha value is -0.820. The van der Waals surface area contributed by atoms with Crippen LogP contribution in [0.2, 0.25) is 0 Å². The summed E-state index contributed by atoms with van der Waals surface area (Å²) < 4.78 is 0. The zero-order valence-corrected chi connectivity index (χ0v) is 12.6. The number of aryl methyl sites for hydroxylation is 1. The molecule has 1 aliphatic rings. The summed E-state index contributed by atoms with van der Waals surface area (Å²) in [4.78, 5) is 0. The summed E-state index contributed by atoms with van der Waals surface area (Å²) in [7, 11) is 0. The molecule has 0 aliphatic heterocycles. The first kappa shape index (κ1) is 14.6. The highest BCUT2D eigenvalue weighted by Crippen LogP contribution is 2.30. The second-order valence-electron chi connectivity index (χ2n) is 6.10. The molecule has 0 aromatic heterocycles. The average Bonchev–Trinajstić information content (AvgIpc) is 2.49. The van der Waals surface area contributed by atoms with Crippen molar-refractivity contribution in [3.05, 3.63) is 35.4 Å². The van der Waals surface area contributed by atoms with Gasteiger partial charge < -0.3 is 5.32 Å². The van der Waals surface area contributed by atoms with Crippen molar-refractivity contribution >= 4 is 0 Å². The molecule has 0 unspecified atom stereocenters. The van der Waals surface area contributed by atoms with Crippen LogP contribution in [0.4, 0.5) is 0 Å². The Morgan fingerprint density at radius 1 is 0.895 bits per heavy atom. The lowest BCUT2D eigenvalue weighted by molar-refractivity contribution is 0.262. The van der Waals surface area contributed by atoms with Gasteiger partial charge in [-0.25, -0.2) is 0 Å². The van der Waals surface area contributed by atoms with Crippen molar-refractivity contribution in [1.29, 1.82) is 0 Å². The summed E-state index contributed by atoms with van der Waals surface area (Å²) in [5.41, 5.74) is 2.85. The van der Waals surface area contributed by atoms with Crippen LogP contribution in [-0.4, -0.2) is 6.54 Å². The lowest BCUT2D eigenvalue weighted by Gasteiger charge is -2.27. The van der Waals surface area contributed by atoms with Crippen molar-refractivity contribution in [1.82, 2.24) is 5.32 Å². The average molecular weight is 259 g/mol. The Bertz CT molecular complexity index is 346. The molecule has 0 atom stereocenters. The fraction of sp³-hybridized carbons (Fsp3) is 0.667. The van der Waals surface area contributed by atoms with Crippen molar-refractivity contribution in [2.45, 2.75) is 58.9 Å². The van der Waals surface area contributed by atoms with E-state index in [1.165, 1.54) is 49.8 Å². The molecule has 0 saturated heterocycles. The van der Waals surface area contributed by atoms with Crippen LogP contribution in [0.25, 0.3) is 0 Å². The Balaban J connectivity index is 1.66. The normalized spacial score (nSPS) is 23.5. The van der Waals surface area contributed by atoms with Crippen LogP contribution in [0.15, 0.2) is 24.3 Å². The third kappa shape index (κ3) is 4.65. The molecule has 1 aromatic carbocycles. The summed E-state index contributed by atoms with van der Waals surface area (Å²) in [6.45, 7) is 6.77. The van der Waals surface area contributed by atoms with Gasteiger partial charge in [0.25, 0.3) is 0 Å². The highest BCUT2D eigenvalue weighted by molar-refractivity contribution is 5.22. The molecule has 19 heavy (non-hydrogen) atoms. The first-order chi connectivity index (χ1) is 9.31. The predicted molar refractivity (Wildman–Crippen MR) is 83.3 cm³/mol. The fourth-order valence-electron chi connectivity index (χ4n) is 3.16. The van der Waals surface area contributed by atoms with Crippen molar-refractivity contribution < 1.29 is 0 Å². The maximum atomic E-state index is 3.64. The van der Waals surface area contributed by atoms with Crippen molar-refractivity contribution in [3.8, 4) is 0 Å². The van der Waals surface area contributed by atoms with E-state index in [4.69, 9.17) is 0 Å². The molecule has 0 spiro atoms. The van der Waals surface area contributed by atoms with E-state index >= 15 is 0 Å². The molecular formula is C18H29N. The fourth-order valence-corrected chi connectivity index (χ4v) is 3.16. The number of hydrogen-bond acceptors (Lipinski definition) is 1. The Labute approximate surface area is 118 Å². The molecule has 1 nitrogen and oxygen atoms in total. The van der Waals surface area contributed by atoms with Gasteiger partial charge in [-0.05, 0) is 48.8 Å². The highest BCUT2D eigenvalue weighted by atomic mass is 14.9. The van der Waals surface area contributed by atoms with Gasteiger partial charge in [0.05, 0.1) is 0 Å². The quantitative estimate of drug-likeness (QED) is 0.790. The third-order valence-electron chi connectivity index (χ3n) is 4.74. The Morgan fingerprint density at radius 3 is 2.05 bits per heavy atom. The summed E-state index contributed by atoms with van der Waals surface area (Å²) in [5.74, 6) is 1.93. The minimum Gasteiger partial charge on any atom is -0.312 e. The molecule has 1 fully saturated rings.